The van der Waals surface area contributed by atoms with Gasteiger partial charge in [-0.05, 0) is 74.8 Å². The second-order valence-corrected chi connectivity index (χ2v) is 16.6. The SMILES string of the molecule is CC1(C)c2ccccc2-c2cc3c(cc21)Oc1ccccc1C31c2ccccc2C=Cc2ccc(-c3cc(-c4ccccc4)nc(-c4cnc(-c5ccccc5)nc4)n3)cc21. The molecule has 9 aromatic rings. The van der Waals surface area contributed by atoms with Gasteiger partial charge >= 0.3 is 0 Å². The molecule has 61 heavy (non-hydrogen) atoms. The summed E-state index contributed by atoms with van der Waals surface area (Å²) in [5.74, 6) is 2.94. The molecule has 5 nitrogen and oxygen atoms in total. The zero-order chi connectivity index (χ0) is 40.7. The molecule has 0 N–H and O–H groups in total. The Bertz CT molecular complexity index is 3250. The van der Waals surface area contributed by atoms with Crippen LogP contribution >= 0.6 is 0 Å². The van der Waals surface area contributed by atoms with Gasteiger partial charge in [0, 0.05) is 45.6 Å². The van der Waals surface area contributed by atoms with Crippen LogP contribution in [0.3, 0.4) is 0 Å². The smallest absolute Gasteiger partial charge is 0.163 e. The van der Waals surface area contributed by atoms with Gasteiger partial charge in [0.05, 0.1) is 22.4 Å². The minimum Gasteiger partial charge on any atom is -0.457 e. The van der Waals surface area contributed by atoms with Gasteiger partial charge in [-0.3, -0.25) is 0 Å². The summed E-state index contributed by atoms with van der Waals surface area (Å²) < 4.78 is 7.02. The van der Waals surface area contributed by atoms with E-state index in [-0.39, 0.29) is 5.41 Å². The van der Waals surface area contributed by atoms with E-state index in [0.29, 0.717) is 11.6 Å². The molecule has 0 radical (unpaired) electrons. The Hall–Kier alpha value is -7.76. The first kappa shape index (κ1) is 35.2. The fourth-order valence-corrected chi connectivity index (χ4v) is 9.97. The summed E-state index contributed by atoms with van der Waals surface area (Å²) in [6, 6.07) is 60.2. The van der Waals surface area contributed by atoms with Crippen molar-refractivity contribution in [2.24, 2.45) is 0 Å². The molecule has 1 unspecified atom stereocenters. The number of para-hydroxylation sites is 1. The first-order chi connectivity index (χ1) is 30.0. The molecule has 3 aliphatic rings. The molecule has 3 heterocycles. The number of fused-ring (bicyclic) bond motifs is 11. The van der Waals surface area contributed by atoms with Gasteiger partial charge < -0.3 is 4.74 Å². The standard InChI is InChI=1S/C56H38N4O/c1-55(2)44-22-12-10-20-41(44)42-30-48-52(31-47(42)55)61-51-24-14-13-23-45(51)56(48)43-21-11-9-15-35(43)25-26-36-27-28-39(29-46(36)56)50-32-49(37-16-5-3-6-17-37)59-54(60-50)40-33-57-53(58-34-40)38-18-7-4-8-19-38/h3-34H,1-2H3. The minimum absolute atomic E-state index is 0.184. The molecular formula is C56H38N4O. The lowest BCUT2D eigenvalue weighted by atomic mass is 9.61. The Kier molecular flexibility index (Phi) is 7.72. The van der Waals surface area contributed by atoms with Crippen LogP contribution in [-0.2, 0) is 10.8 Å². The molecule has 0 saturated heterocycles. The molecule has 288 valence electrons. The van der Waals surface area contributed by atoms with Crippen molar-refractivity contribution in [3.8, 4) is 67.9 Å². The monoisotopic (exact) mass is 782 g/mol. The number of hydrogen-bond donors (Lipinski definition) is 0. The second-order valence-electron chi connectivity index (χ2n) is 16.6. The lowest BCUT2D eigenvalue weighted by Gasteiger charge is -2.43. The molecule has 2 aromatic heterocycles. The van der Waals surface area contributed by atoms with Crippen molar-refractivity contribution in [3.05, 3.63) is 227 Å². The van der Waals surface area contributed by atoms with E-state index in [2.05, 4.69) is 147 Å². The topological polar surface area (TPSA) is 60.8 Å². The van der Waals surface area contributed by atoms with Crippen molar-refractivity contribution in [3.63, 3.8) is 0 Å². The predicted octanol–water partition coefficient (Wildman–Crippen LogP) is 13.2. The fourth-order valence-electron chi connectivity index (χ4n) is 9.97. The molecule has 0 bridgehead atoms. The first-order valence-corrected chi connectivity index (χ1v) is 20.8. The van der Waals surface area contributed by atoms with Gasteiger partial charge in [0.1, 0.15) is 11.5 Å². The third kappa shape index (κ3) is 5.33. The molecule has 0 saturated carbocycles. The number of rotatable bonds is 4. The third-order valence-electron chi connectivity index (χ3n) is 12.9. The Labute approximate surface area is 354 Å². The highest BCUT2D eigenvalue weighted by Gasteiger charge is 2.49. The van der Waals surface area contributed by atoms with Crippen molar-refractivity contribution >= 4 is 12.2 Å². The van der Waals surface area contributed by atoms with E-state index >= 15 is 0 Å². The van der Waals surface area contributed by atoms with Crippen molar-refractivity contribution in [2.45, 2.75) is 24.7 Å². The van der Waals surface area contributed by atoms with E-state index < -0.39 is 5.41 Å². The molecule has 5 heteroatoms. The number of nitrogens with zero attached hydrogens (tertiary/aromatic N) is 4. The quantitative estimate of drug-likeness (QED) is 0.178. The minimum atomic E-state index is -0.744. The molecule has 1 spiro atoms. The van der Waals surface area contributed by atoms with Crippen molar-refractivity contribution in [2.75, 3.05) is 0 Å². The van der Waals surface area contributed by atoms with Gasteiger partial charge in [-0.15, -0.1) is 0 Å². The molecule has 12 rings (SSSR count). The van der Waals surface area contributed by atoms with Crippen LogP contribution in [0.4, 0.5) is 0 Å². The highest BCUT2D eigenvalue weighted by atomic mass is 16.5. The summed E-state index contributed by atoms with van der Waals surface area (Å²) in [5, 5.41) is 0. The summed E-state index contributed by atoms with van der Waals surface area (Å²) in [6.45, 7) is 4.65. The maximum atomic E-state index is 7.02. The highest BCUT2D eigenvalue weighted by molar-refractivity contribution is 5.89. The molecule has 1 aliphatic heterocycles. The van der Waals surface area contributed by atoms with Crippen molar-refractivity contribution in [1.29, 1.82) is 0 Å². The summed E-state index contributed by atoms with van der Waals surface area (Å²) in [6.07, 6.45) is 8.18. The van der Waals surface area contributed by atoms with E-state index in [0.717, 1.165) is 67.4 Å². The van der Waals surface area contributed by atoms with Crippen LogP contribution < -0.4 is 4.74 Å². The van der Waals surface area contributed by atoms with E-state index in [1.54, 1.807) is 0 Å². The lowest BCUT2D eigenvalue weighted by molar-refractivity contribution is 0.433. The van der Waals surface area contributed by atoms with E-state index in [1.807, 2.05) is 60.9 Å². The summed E-state index contributed by atoms with van der Waals surface area (Å²) in [5.41, 5.74) is 16.4. The maximum absolute atomic E-state index is 7.02. The third-order valence-corrected chi connectivity index (χ3v) is 12.9. The molecule has 0 amide bonds. The van der Waals surface area contributed by atoms with Crippen LogP contribution in [0.15, 0.2) is 182 Å². The van der Waals surface area contributed by atoms with Gasteiger partial charge in [0.25, 0.3) is 0 Å². The Morgan fingerprint density at radius 2 is 1.02 bits per heavy atom. The normalized spacial score (nSPS) is 16.0. The van der Waals surface area contributed by atoms with E-state index in [9.17, 15) is 0 Å². The largest absolute Gasteiger partial charge is 0.457 e. The van der Waals surface area contributed by atoms with Crippen molar-refractivity contribution < 1.29 is 4.74 Å². The van der Waals surface area contributed by atoms with Crippen LogP contribution in [0.5, 0.6) is 11.5 Å². The van der Waals surface area contributed by atoms with E-state index in [1.165, 1.54) is 33.4 Å². The lowest BCUT2D eigenvalue weighted by Crippen LogP contribution is -2.35. The zero-order valence-electron chi connectivity index (χ0n) is 33.7. The van der Waals surface area contributed by atoms with Crippen LogP contribution in [0, 0.1) is 0 Å². The summed E-state index contributed by atoms with van der Waals surface area (Å²) in [7, 11) is 0. The average Bonchev–Trinajstić information content (AvgIpc) is 3.44. The fraction of sp³-hybridized carbons (Fsp3) is 0.0714. The van der Waals surface area contributed by atoms with Gasteiger partial charge in [0.15, 0.2) is 11.6 Å². The van der Waals surface area contributed by atoms with E-state index in [4.69, 9.17) is 24.7 Å². The Morgan fingerprint density at radius 1 is 0.393 bits per heavy atom. The molecule has 0 fully saturated rings. The van der Waals surface area contributed by atoms with Crippen LogP contribution in [0.25, 0.3) is 68.6 Å². The van der Waals surface area contributed by atoms with Crippen LogP contribution in [-0.4, -0.2) is 19.9 Å². The number of benzene rings is 7. The average molecular weight is 783 g/mol. The predicted molar refractivity (Wildman–Crippen MR) is 244 cm³/mol. The molecular weight excluding hydrogens is 745 g/mol. The number of aromatic nitrogens is 4. The van der Waals surface area contributed by atoms with Gasteiger partial charge in [0.2, 0.25) is 0 Å². The molecule has 1 atom stereocenters. The molecule has 2 aliphatic carbocycles. The Balaban J connectivity index is 1.12. The van der Waals surface area contributed by atoms with Crippen LogP contribution in [0.1, 0.15) is 58.4 Å². The van der Waals surface area contributed by atoms with Gasteiger partial charge in [-0.2, -0.15) is 0 Å². The van der Waals surface area contributed by atoms with Gasteiger partial charge in [-0.25, -0.2) is 19.9 Å². The summed E-state index contributed by atoms with van der Waals surface area (Å²) in [4.78, 5) is 19.9. The Morgan fingerprint density at radius 3 is 1.79 bits per heavy atom. The second kappa shape index (κ2) is 13.4. The number of hydrogen-bond acceptors (Lipinski definition) is 5. The molecule has 7 aromatic carbocycles. The highest BCUT2D eigenvalue weighted by Crippen LogP contribution is 2.61. The number of ether oxygens (including phenoxy) is 1. The first-order valence-electron chi connectivity index (χ1n) is 20.8. The zero-order valence-corrected chi connectivity index (χ0v) is 33.7. The summed E-state index contributed by atoms with van der Waals surface area (Å²) >= 11 is 0. The maximum Gasteiger partial charge on any atom is 0.163 e. The van der Waals surface area contributed by atoms with Crippen LogP contribution in [0.2, 0.25) is 0 Å². The van der Waals surface area contributed by atoms with Crippen molar-refractivity contribution in [1.82, 2.24) is 19.9 Å². The van der Waals surface area contributed by atoms with Gasteiger partial charge in [-0.1, -0.05) is 166 Å².